The van der Waals surface area contributed by atoms with Gasteiger partial charge in [-0.05, 0) is 74.6 Å². The second kappa shape index (κ2) is 11.2. The first-order valence-electron chi connectivity index (χ1n) is 12.1. The fraction of sp³-hybridized carbons (Fsp3) is 0.407. The zero-order valence-corrected chi connectivity index (χ0v) is 20.0. The van der Waals surface area contributed by atoms with Gasteiger partial charge < -0.3 is 19.7 Å². The highest BCUT2D eigenvalue weighted by molar-refractivity contribution is 6.36. The standard InChI is InChI=1S/C27H33N3O4/c1-3-34-19-7-18-30-26(31)24(20-8-14-23(33-2)15-9-20)25(27(30)32)28-21-10-12-22(13-11-21)29-16-5-4-6-17-29/h8-15,28H,3-7,16-19H2,1-2H3. The van der Waals surface area contributed by atoms with Crippen molar-refractivity contribution >= 4 is 28.8 Å². The van der Waals surface area contributed by atoms with Crippen molar-refractivity contribution in [1.29, 1.82) is 0 Å². The van der Waals surface area contributed by atoms with E-state index < -0.39 is 0 Å². The molecule has 0 aliphatic carbocycles. The highest BCUT2D eigenvalue weighted by atomic mass is 16.5. The number of carbonyl (C=O) groups is 2. The lowest BCUT2D eigenvalue weighted by molar-refractivity contribution is -0.137. The zero-order valence-electron chi connectivity index (χ0n) is 20.0. The molecule has 2 heterocycles. The molecule has 2 aliphatic rings. The average Bonchev–Trinajstić information content (AvgIpc) is 3.11. The lowest BCUT2D eigenvalue weighted by Crippen LogP contribution is -2.34. The number of rotatable bonds is 10. The van der Waals surface area contributed by atoms with Crippen LogP contribution in [0.3, 0.4) is 0 Å². The van der Waals surface area contributed by atoms with Gasteiger partial charge in [-0.1, -0.05) is 12.1 Å². The average molecular weight is 464 g/mol. The van der Waals surface area contributed by atoms with Crippen molar-refractivity contribution in [2.24, 2.45) is 0 Å². The number of hydrogen-bond acceptors (Lipinski definition) is 6. The van der Waals surface area contributed by atoms with Crippen LogP contribution in [0.1, 0.15) is 38.2 Å². The van der Waals surface area contributed by atoms with Gasteiger partial charge in [0.05, 0.1) is 12.7 Å². The minimum Gasteiger partial charge on any atom is -0.497 e. The van der Waals surface area contributed by atoms with E-state index >= 15 is 0 Å². The van der Waals surface area contributed by atoms with Crippen LogP contribution in [0.15, 0.2) is 54.2 Å². The predicted octanol–water partition coefficient (Wildman–Crippen LogP) is 4.30. The molecule has 0 radical (unpaired) electrons. The van der Waals surface area contributed by atoms with Gasteiger partial charge in [-0.3, -0.25) is 14.5 Å². The molecule has 7 heteroatoms. The summed E-state index contributed by atoms with van der Waals surface area (Å²) in [4.78, 5) is 30.3. The number of anilines is 2. The van der Waals surface area contributed by atoms with Crippen LogP contribution in [-0.2, 0) is 14.3 Å². The molecule has 0 atom stereocenters. The molecule has 0 unspecified atom stereocenters. The molecule has 2 amide bonds. The SMILES string of the molecule is CCOCCCN1C(=O)C(Nc2ccc(N3CCCCC3)cc2)=C(c2ccc(OC)cc2)C1=O. The topological polar surface area (TPSA) is 71.1 Å². The van der Waals surface area contributed by atoms with Crippen LogP contribution in [-0.4, -0.2) is 56.7 Å². The Kier molecular flexibility index (Phi) is 7.85. The van der Waals surface area contributed by atoms with E-state index in [1.54, 1.807) is 19.2 Å². The number of nitrogens with one attached hydrogen (secondary N) is 1. The fourth-order valence-electron chi connectivity index (χ4n) is 4.44. The Balaban J connectivity index is 1.58. The summed E-state index contributed by atoms with van der Waals surface area (Å²) in [5.74, 6) is 0.0871. The summed E-state index contributed by atoms with van der Waals surface area (Å²) in [6, 6.07) is 15.3. The minimum atomic E-state index is -0.313. The normalized spacial score (nSPS) is 16.4. The zero-order chi connectivity index (χ0) is 23.9. The summed E-state index contributed by atoms with van der Waals surface area (Å²) >= 11 is 0. The van der Waals surface area contributed by atoms with Crippen LogP contribution >= 0.6 is 0 Å². The summed E-state index contributed by atoms with van der Waals surface area (Å²) in [7, 11) is 1.60. The number of imide groups is 1. The highest BCUT2D eigenvalue weighted by Gasteiger charge is 2.38. The molecule has 34 heavy (non-hydrogen) atoms. The Morgan fingerprint density at radius 2 is 1.62 bits per heavy atom. The van der Waals surface area contributed by atoms with Crippen molar-refractivity contribution in [1.82, 2.24) is 4.90 Å². The van der Waals surface area contributed by atoms with E-state index in [0.29, 0.717) is 48.8 Å². The molecule has 0 bridgehead atoms. The summed E-state index contributed by atoms with van der Waals surface area (Å²) in [6.07, 6.45) is 4.32. The Hall–Kier alpha value is -3.32. The maximum absolute atomic E-state index is 13.3. The van der Waals surface area contributed by atoms with E-state index in [-0.39, 0.29) is 11.8 Å². The summed E-state index contributed by atoms with van der Waals surface area (Å²) in [6.45, 7) is 5.50. The minimum absolute atomic E-state index is 0.292. The molecule has 2 aromatic carbocycles. The molecule has 1 saturated heterocycles. The fourth-order valence-corrected chi connectivity index (χ4v) is 4.44. The van der Waals surface area contributed by atoms with E-state index in [9.17, 15) is 9.59 Å². The first-order chi connectivity index (χ1) is 16.6. The number of methoxy groups -OCH3 is 1. The number of hydrogen-bond donors (Lipinski definition) is 1. The first kappa shape index (κ1) is 23.8. The third-order valence-corrected chi connectivity index (χ3v) is 6.28. The largest absolute Gasteiger partial charge is 0.497 e. The third kappa shape index (κ3) is 5.25. The van der Waals surface area contributed by atoms with Crippen molar-refractivity contribution in [3.05, 3.63) is 59.8 Å². The van der Waals surface area contributed by atoms with E-state index in [1.165, 1.54) is 29.8 Å². The monoisotopic (exact) mass is 463 g/mol. The molecule has 4 rings (SSSR count). The molecule has 0 aromatic heterocycles. The molecule has 180 valence electrons. The van der Waals surface area contributed by atoms with Gasteiger partial charge in [0.25, 0.3) is 11.8 Å². The summed E-state index contributed by atoms with van der Waals surface area (Å²) < 4.78 is 10.6. The second-order valence-electron chi connectivity index (χ2n) is 8.51. The molecule has 0 saturated carbocycles. The quantitative estimate of drug-likeness (QED) is 0.418. The van der Waals surface area contributed by atoms with Crippen molar-refractivity contribution in [2.45, 2.75) is 32.6 Å². The van der Waals surface area contributed by atoms with Crippen LogP contribution in [0.25, 0.3) is 5.57 Å². The predicted molar refractivity (Wildman–Crippen MR) is 134 cm³/mol. The van der Waals surface area contributed by atoms with Gasteiger partial charge in [0.15, 0.2) is 0 Å². The van der Waals surface area contributed by atoms with Gasteiger partial charge in [-0.25, -0.2) is 0 Å². The Labute approximate surface area is 201 Å². The van der Waals surface area contributed by atoms with E-state index in [2.05, 4.69) is 22.3 Å². The van der Waals surface area contributed by atoms with Crippen LogP contribution < -0.4 is 15.0 Å². The third-order valence-electron chi connectivity index (χ3n) is 6.28. The number of piperidine rings is 1. The van der Waals surface area contributed by atoms with Gasteiger partial charge >= 0.3 is 0 Å². The van der Waals surface area contributed by atoms with Crippen molar-refractivity contribution in [2.75, 3.05) is 50.2 Å². The smallest absolute Gasteiger partial charge is 0.278 e. The van der Waals surface area contributed by atoms with Crippen molar-refractivity contribution < 1.29 is 19.1 Å². The molecule has 1 fully saturated rings. The van der Waals surface area contributed by atoms with Gasteiger partial charge in [0.1, 0.15) is 11.4 Å². The summed E-state index contributed by atoms with van der Waals surface area (Å²) in [5.41, 5.74) is 3.32. The number of nitrogens with zero attached hydrogens (tertiary/aromatic N) is 2. The molecule has 2 aliphatic heterocycles. The van der Waals surface area contributed by atoms with E-state index in [4.69, 9.17) is 9.47 Å². The van der Waals surface area contributed by atoms with E-state index in [0.717, 1.165) is 18.8 Å². The van der Waals surface area contributed by atoms with Crippen LogP contribution in [0, 0.1) is 0 Å². The maximum Gasteiger partial charge on any atom is 0.278 e. The Bertz CT molecular complexity index is 1020. The molecule has 2 aromatic rings. The Morgan fingerprint density at radius 1 is 0.912 bits per heavy atom. The van der Waals surface area contributed by atoms with Gasteiger partial charge in [-0.2, -0.15) is 0 Å². The molecular formula is C27H33N3O4. The number of benzene rings is 2. The highest BCUT2D eigenvalue weighted by Crippen LogP contribution is 2.32. The summed E-state index contributed by atoms with van der Waals surface area (Å²) in [5, 5.41) is 3.25. The number of ether oxygens (including phenoxy) is 2. The van der Waals surface area contributed by atoms with Crippen molar-refractivity contribution in [3.8, 4) is 5.75 Å². The number of carbonyl (C=O) groups excluding carboxylic acids is 2. The van der Waals surface area contributed by atoms with Crippen molar-refractivity contribution in [3.63, 3.8) is 0 Å². The molecule has 1 N–H and O–H groups in total. The second-order valence-corrected chi connectivity index (χ2v) is 8.51. The van der Waals surface area contributed by atoms with Gasteiger partial charge in [0.2, 0.25) is 0 Å². The van der Waals surface area contributed by atoms with Gasteiger partial charge in [0, 0.05) is 44.2 Å². The van der Waals surface area contributed by atoms with Crippen LogP contribution in [0.2, 0.25) is 0 Å². The van der Waals surface area contributed by atoms with Gasteiger partial charge in [-0.15, -0.1) is 0 Å². The van der Waals surface area contributed by atoms with E-state index in [1.807, 2.05) is 31.2 Å². The van der Waals surface area contributed by atoms with Crippen LogP contribution in [0.5, 0.6) is 5.75 Å². The first-order valence-corrected chi connectivity index (χ1v) is 12.1. The molecule has 7 nitrogen and oxygen atoms in total. The molecular weight excluding hydrogens is 430 g/mol. The number of amides is 2. The van der Waals surface area contributed by atoms with Crippen LogP contribution in [0.4, 0.5) is 11.4 Å². The Morgan fingerprint density at radius 3 is 2.26 bits per heavy atom. The lowest BCUT2D eigenvalue weighted by Gasteiger charge is -2.28. The molecule has 0 spiro atoms. The lowest BCUT2D eigenvalue weighted by atomic mass is 10.0. The maximum atomic E-state index is 13.3.